The molecule has 0 saturated carbocycles. The van der Waals surface area contributed by atoms with Crippen LogP contribution in [-0.4, -0.2) is 14.5 Å². The summed E-state index contributed by atoms with van der Waals surface area (Å²) < 4.78 is 1.57. The second-order valence-corrected chi connectivity index (χ2v) is 7.50. The van der Waals surface area contributed by atoms with Crippen molar-refractivity contribution in [3.63, 3.8) is 0 Å². The van der Waals surface area contributed by atoms with Crippen LogP contribution in [0.5, 0.6) is 0 Å². The fraction of sp³-hybridized carbons (Fsp3) is 0.0909. The lowest BCUT2D eigenvalue weighted by Gasteiger charge is -2.13. The lowest BCUT2D eigenvalue weighted by molar-refractivity contribution is -0.385. The van der Waals surface area contributed by atoms with Gasteiger partial charge in [0, 0.05) is 17.4 Å². The Morgan fingerprint density at radius 1 is 1.00 bits per heavy atom. The van der Waals surface area contributed by atoms with Gasteiger partial charge in [-0.2, -0.15) is 0 Å². The normalized spacial score (nSPS) is 10.9. The van der Waals surface area contributed by atoms with Gasteiger partial charge in [0.25, 0.3) is 11.2 Å². The first-order valence-corrected chi connectivity index (χ1v) is 9.97. The predicted octanol–water partition coefficient (Wildman–Crippen LogP) is 4.89. The Morgan fingerprint density at radius 3 is 2.45 bits per heavy atom. The third kappa shape index (κ3) is 3.77. The van der Waals surface area contributed by atoms with Gasteiger partial charge in [-0.1, -0.05) is 59.8 Å². The minimum absolute atomic E-state index is 0.0602. The molecule has 0 unspecified atom stereocenters. The summed E-state index contributed by atoms with van der Waals surface area (Å²) in [5, 5.41) is 12.3. The Labute approximate surface area is 171 Å². The van der Waals surface area contributed by atoms with E-state index in [2.05, 4.69) is 4.98 Å². The zero-order chi connectivity index (χ0) is 20.4. The molecule has 0 fully saturated rings. The summed E-state index contributed by atoms with van der Waals surface area (Å²) in [5.41, 5.74) is 2.88. The molecular weight excluding hydrogens is 386 g/mol. The van der Waals surface area contributed by atoms with E-state index in [4.69, 9.17) is 0 Å². The predicted molar refractivity (Wildman–Crippen MR) is 115 cm³/mol. The summed E-state index contributed by atoms with van der Waals surface area (Å²) in [4.78, 5) is 28.8. The monoisotopic (exact) mass is 403 g/mol. The van der Waals surface area contributed by atoms with Crippen LogP contribution < -0.4 is 5.56 Å². The Kier molecular flexibility index (Phi) is 5.14. The minimum Gasteiger partial charge on any atom is -0.268 e. The molecule has 4 rings (SSSR count). The second-order valence-electron chi connectivity index (χ2n) is 6.56. The fourth-order valence-electron chi connectivity index (χ4n) is 3.08. The number of rotatable bonds is 5. The van der Waals surface area contributed by atoms with Crippen molar-refractivity contribution in [1.29, 1.82) is 0 Å². The number of benzene rings is 3. The third-order valence-corrected chi connectivity index (χ3v) is 5.57. The molecule has 0 N–H and O–H groups in total. The molecule has 0 aliphatic carbocycles. The number of nitrogens with zero attached hydrogens (tertiary/aromatic N) is 3. The SMILES string of the molecule is Cc1ccc(-n2c(SCc3ccccc3[N+](=O)[O-])nc3ccccc3c2=O)cc1. The highest BCUT2D eigenvalue weighted by atomic mass is 32.2. The maximum absolute atomic E-state index is 13.2. The first-order chi connectivity index (χ1) is 14.0. The van der Waals surface area contributed by atoms with Gasteiger partial charge in [0.2, 0.25) is 0 Å². The molecule has 3 aromatic carbocycles. The summed E-state index contributed by atoms with van der Waals surface area (Å²) in [6.45, 7) is 1.98. The maximum Gasteiger partial charge on any atom is 0.273 e. The molecule has 0 aliphatic rings. The van der Waals surface area contributed by atoms with Crippen molar-refractivity contribution in [3.05, 3.63) is 104 Å². The average molecular weight is 403 g/mol. The van der Waals surface area contributed by atoms with E-state index in [1.54, 1.807) is 34.9 Å². The van der Waals surface area contributed by atoms with Gasteiger partial charge < -0.3 is 0 Å². The smallest absolute Gasteiger partial charge is 0.268 e. The quantitative estimate of drug-likeness (QED) is 0.205. The largest absolute Gasteiger partial charge is 0.273 e. The van der Waals surface area contributed by atoms with E-state index in [1.807, 2.05) is 43.3 Å². The highest BCUT2D eigenvalue weighted by Crippen LogP contribution is 2.28. The van der Waals surface area contributed by atoms with Gasteiger partial charge in [-0.05, 0) is 31.2 Å². The van der Waals surface area contributed by atoms with Crippen molar-refractivity contribution < 1.29 is 4.92 Å². The number of hydrogen-bond donors (Lipinski definition) is 0. The highest BCUT2D eigenvalue weighted by Gasteiger charge is 2.17. The molecule has 7 heteroatoms. The Balaban J connectivity index is 1.83. The first kappa shape index (κ1) is 18.9. The van der Waals surface area contributed by atoms with Crippen LogP contribution in [0.3, 0.4) is 0 Å². The molecule has 0 atom stereocenters. The van der Waals surface area contributed by atoms with Crippen molar-refractivity contribution in [2.24, 2.45) is 0 Å². The number of thioether (sulfide) groups is 1. The van der Waals surface area contributed by atoms with Crippen LogP contribution in [0.15, 0.2) is 82.7 Å². The molecule has 0 aliphatic heterocycles. The van der Waals surface area contributed by atoms with E-state index in [9.17, 15) is 14.9 Å². The number of para-hydroxylation sites is 2. The molecule has 0 spiro atoms. The molecule has 6 nitrogen and oxygen atoms in total. The van der Waals surface area contributed by atoms with Crippen molar-refractivity contribution >= 4 is 28.4 Å². The number of nitro groups is 1. The van der Waals surface area contributed by atoms with Crippen LogP contribution in [-0.2, 0) is 5.75 Å². The zero-order valence-corrected chi connectivity index (χ0v) is 16.4. The van der Waals surface area contributed by atoms with Gasteiger partial charge in [-0.3, -0.25) is 19.5 Å². The van der Waals surface area contributed by atoms with Crippen molar-refractivity contribution in [2.45, 2.75) is 17.8 Å². The average Bonchev–Trinajstić information content (AvgIpc) is 2.73. The Bertz CT molecular complexity index is 1270. The number of fused-ring (bicyclic) bond motifs is 1. The van der Waals surface area contributed by atoms with E-state index in [1.165, 1.54) is 17.8 Å². The van der Waals surface area contributed by atoms with Crippen LogP contribution in [0.2, 0.25) is 0 Å². The van der Waals surface area contributed by atoms with Gasteiger partial charge in [0.1, 0.15) is 0 Å². The minimum atomic E-state index is -0.392. The molecule has 0 amide bonds. The van der Waals surface area contributed by atoms with Crippen LogP contribution in [0.1, 0.15) is 11.1 Å². The Morgan fingerprint density at radius 2 is 1.69 bits per heavy atom. The van der Waals surface area contributed by atoms with Crippen molar-refractivity contribution in [1.82, 2.24) is 9.55 Å². The molecule has 29 heavy (non-hydrogen) atoms. The van der Waals surface area contributed by atoms with Crippen LogP contribution in [0.4, 0.5) is 5.69 Å². The standard InChI is InChI=1S/C22H17N3O3S/c1-15-10-12-17(13-11-15)24-21(26)18-7-3-4-8-19(18)23-22(24)29-14-16-6-2-5-9-20(16)25(27)28/h2-13H,14H2,1H3. The Hall–Kier alpha value is -3.45. The summed E-state index contributed by atoms with van der Waals surface area (Å²) in [7, 11) is 0. The molecule has 1 aromatic heterocycles. The lowest BCUT2D eigenvalue weighted by atomic mass is 10.2. The topological polar surface area (TPSA) is 78.0 Å². The number of aryl methyl sites for hydroxylation is 1. The van der Waals surface area contributed by atoms with Crippen molar-refractivity contribution in [3.8, 4) is 5.69 Å². The molecule has 0 saturated heterocycles. The number of nitro benzene ring substituents is 1. The molecule has 1 heterocycles. The molecular formula is C22H17N3O3S. The highest BCUT2D eigenvalue weighted by molar-refractivity contribution is 7.98. The second kappa shape index (κ2) is 7.89. The fourth-order valence-corrected chi connectivity index (χ4v) is 4.09. The van der Waals surface area contributed by atoms with Crippen LogP contribution >= 0.6 is 11.8 Å². The van der Waals surface area contributed by atoms with Crippen molar-refractivity contribution in [2.75, 3.05) is 0 Å². The summed E-state index contributed by atoms with van der Waals surface area (Å²) in [6.07, 6.45) is 0. The first-order valence-electron chi connectivity index (χ1n) is 8.98. The van der Waals surface area contributed by atoms with E-state index in [-0.39, 0.29) is 11.2 Å². The van der Waals surface area contributed by atoms with Gasteiger partial charge in [0.05, 0.1) is 21.5 Å². The van der Waals surface area contributed by atoms with Crippen LogP contribution in [0, 0.1) is 17.0 Å². The summed E-state index contributed by atoms with van der Waals surface area (Å²) in [6, 6.07) is 21.4. The van der Waals surface area contributed by atoms with E-state index in [0.29, 0.717) is 33.1 Å². The number of aromatic nitrogens is 2. The summed E-state index contributed by atoms with van der Waals surface area (Å²) in [5.74, 6) is 0.327. The molecule has 144 valence electrons. The lowest BCUT2D eigenvalue weighted by Crippen LogP contribution is -2.21. The van der Waals surface area contributed by atoms with Gasteiger partial charge >= 0.3 is 0 Å². The number of hydrogen-bond acceptors (Lipinski definition) is 5. The van der Waals surface area contributed by atoms with Gasteiger partial charge in [-0.15, -0.1) is 0 Å². The van der Waals surface area contributed by atoms with E-state index in [0.717, 1.165) is 5.56 Å². The molecule has 0 bridgehead atoms. The third-order valence-electron chi connectivity index (χ3n) is 4.58. The summed E-state index contributed by atoms with van der Waals surface area (Å²) >= 11 is 1.31. The van der Waals surface area contributed by atoms with Gasteiger partial charge in [-0.25, -0.2) is 4.98 Å². The molecule has 4 aromatic rings. The molecule has 0 radical (unpaired) electrons. The van der Waals surface area contributed by atoms with Gasteiger partial charge in [0.15, 0.2) is 5.16 Å². The van der Waals surface area contributed by atoms with E-state index < -0.39 is 4.92 Å². The van der Waals surface area contributed by atoms with E-state index >= 15 is 0 Å². The zero-order valence-electron chi connectivity index (χ0n) is 15.6. The van der Waals surface area contributed by atoms with Crippen LogP contribution in [0.25, 0.3) is 16.6 Å². The maximum atomic E-state index is 13.2.